The summed E-state index contributed by atoms with van der Waals surface area (Å²) in [6.45, 7) is 3.60. The minimum absolute atomic E-state index is 0.0932. The molecule has 0 aliphatic heterocycles. The second-order valence-electron chi connectivity index (χ2n) is 6.02. The molecule has 7 nitrogen and oxygen atoms in total. The number of thiazole rings is 1. The molecule has 1 aromatic carbocycles. The highest BCUT2D eigenvalue weighted by atomic mass is 32.1. The van der Waals surface area contributed by atoms with E-state index < -0.39 is 5.63 Å². The van der Waals surface area contributed by atoms with E-state index in [0.29, 0.717) is 22.1 Å². The summed E-state index contributed by atoms with van der Waals surface area (Å²) in [7, 11) is 0. The van der Waals surface area contributed by atoms with Gasteiger partial charge in [-0.2, -0.15) is 0 Å². The molecule has 3 rings (SSSR count). The minimum Gasteiger partial charge on any atom is -0.423 e. The Morgan fingerprint density at radius 3 is 2.77 bits per heavy atom. The van der Waals surface area contributed by atoms with Crippen LogP contribution in [-0.4, -0.2) is 16.8 Å². The normalized spacial score (nSPS) is 10.9. The number of benzene rings is 1. The smallest absolute Gasteiger partial charge is 0.336 e. The van der Waals surface area contributed by atoms with Crippen LogP contribution in [0.15, 0.2) is 44.9 Å². The van der Waals surface area contributed by atoms with E-state index in [1.165, 1.54) is 17.4 Å². The zero-order valence-electron chi connectivity index (χ0n) is 14.2. The van der Waals surface area contributed by atoms with Crippen LogP contribution in [0.2, 0.25) is 0 Å². The van der Waals surface area contributed by atoms with Crippen molar-refractivity contribution < 1.29 is 14.0 Å². The molecule has 0 aliphatic rings. The van der Waals surface area contributed by atoms with Crippen LogP contribution in [0.1, 0.15) is 19.5 Å². The van der Waals surface area contributed by atoms with Crippen LogP contribution < -0.4 is 16.3 Å². The van der Waals surface area contributed by atoms with Crippen molar-refractivity contribution in [3.8, 4) is 0 Å². The summed E-state index contributed by atoms with van der Waals surface area (Å²) in [5, 5.41) is 8.43. The first-order valence-corrected chi connectivity index (χ1v) is 8.88. The van der Waals surface area contributed by atoms with Crippen LogP contribution in [-0.2, 0) is 16.0 Å². The molecular weight excluding hydrogens is 354 g/mol. The summed E-state index contributed by atoms with van der Waals surface area (Å²) < 4.78 is 5.06. The number of aromatic nitrogens is 1. The molecule has 0 atom stereocenters. The molecule has 2 amide bonds. The number of hydrogen-bond acceptors (Lipinski definition) is 6. The monoisotopic (exact) mass is 371 g/mol. The largest absolute Gasteiger partial charge is 0.423 e. The molecule has 3 aromatic rings. The van der Waals surface area contributed by atoms with E-state index in [0.717, 1.165) is 5.39 Å². The highest BCUT2D eigenvalue weighted by Crippen LogP contribution is 2.19. The van der Waals surface area contributed by atoms with Gasteiger partial charge in [-0.3, -0.25) is 9.59 Å². The van der Waals surface area contributed by atoms with E-state index in [1.807, 2.05) is 0 Å². The fourth-order valence-electron chi connectivity index (χ4n) is 2.21. The summed E-state index contributed by atoms with van der Waals surface area (Å²) in [4.78, 5) is 39.3. The molecule has 26 heavy (non-hydrogen) atoms. The van der Waals surface area contributed by atoms with Gasteiger partial charge in [0.05, 0.1) is 12.1 Å². The molecular formula is C18H17N3O4S. The van der Waals surface area contributed by atoms with E-state index in [-0.39, 0.29) is 24.2 Å². The third-order valence-electron chi connectivity index (χ3n) is 3.55. The Morgan fingerprint density at radius 2 is 2.00 bits per heavy atom. The van der Waals surface area contributed by atoms with Gasteiger partial charge >= 0.3 is 5.63 Å². The van der Waals surface area contributed by atoms with Gasteiger partial charge in [-0.1, -0.05) is 13.8 Å². The predicted molar refractivity (Wildman–Crippen MR) is 100 cm³/mol. The maximum absolute atomic E-state index is 12.2. The Labute approximate surface area is 153 Å². The average Bonchev–Trinajstić information content (AvgIpc) is 3.01. The van der Waals surface area contributed by atoms with Gasteiger partial charge in [-0.25, -0.2) is 9.78 Å². The number of carbonyl (C=O) groups excluding carboxylic acids is 2. The van der Waals surface area contributed by atoms with Crippen molar-refractivity contribution in [2.24, 2.45) is 5.92 Å². The lowest BCUT2D eigenvalue weighted by molar-refractivity contribution is -0.119. The van der Waals surface area contributed by atoms with Gasteiger partial charge in [0.25, 0.3) is 0 Å². The van der Waals surface area contributed by atoms with E-state index in [9.17, 15) is 14.4 Å². The van der Waals surface area contributed by atoms with Crippen LogP contribution in [0.25, 0.3) is 11.0 Å². The van der Waals surface area contributed by atoms with Gasteiger partial charge < -0.3 is 15.1 Å². The third-order valence-corrected chi connectivity index (χ3v) is 4.36. The Balaban J connectivity index is 1.64. The number of nitrogens with zero attached hydrogens (tertiary/aromatic N) is 1. The van der Waals surface area contributed by atoms with Gasteiger partial charge in [0.15, 0.2) is 5.13 Å². The van der Waals surface area contributed by atoms with Gasteiger partial charge in [0.1, 0.15) is 5.58 Å². The van der Waals surface area contributed by atoms with Crippen LogP contribution in [0.5, 0.6) is 0 Å². The molecule has 2 heterocycles. The first-order chi connectivity index (χ1) is 12.4. The number of nitrogens with one attached hydrogen (secondary N) is 2. The Kier molecular flexibility index (Phi) is 5.13. The summed E-state index contributed by atoms with van der Waals surface area (Å²) in [5.41, 5.74) is 1.22. The molecule has 0 bridgehead atoms. The zero-order chi connectivity index (χ0) is 18.7. The van der Waals surface area contributed by atoms with E-state index >= 15 is 0 Å². The van der Waals surface area contributed by atoms with Crippen molar-refractivity contribution in [1.29, 1.82) is 0 Å². The molecule has 134 valence electrons. The van der Waals surface area contributed by atoms with Gasteiger partial charge in [0, 0.05) is 28.4 Å². The second kappa shape index (κ2) is 7.49. The molecule has 0 fully saturated rings. The molecule has 0 spiro atoms. The van der Waals surface area contributed by atoms with Gasteiger partial charge in [-0.15, -0.1) is 11.3 Å². The quantitative estimate of drug-likeness (QED) is 0.671. The predicted octanol–water partition coefficient (Wildman–Crippen LogP) is 3.03. The number of rotatable bonds is 5. The van der Waals surface area contributed by atoms with Crippen LogP contribution in [0.4, 0.5) is 10.8 Å². The summed E-state index contributed by atoms with van der Waals surface area (Å²) >= 11 is 1.28. The highest BCUT2D eigenvalue weighted by Gasteiger charge is 2.12. The third kappa shape index (κ3) is 4.34. The summed E-state index contributed by atoms with van der Waals surface area (Å²) in [5.74, 6) is -0.477. The molecule has 8 heteroatoms. The first kappa shape index (κ1) is 17.8. The molecule has 2 aromatic heterocycles. The topological polar surface area (TPSA) is 101 Å². The number of anilines is 2. The van der Waals surface area contributed by atoms with Crippen molar-refractivity contribution in [2.45, 2.75) is 20.3 Å². The average molecular weight is 371 g/mol. The van der Waals surface area contributed by atoms with Gasteiger partial charge in [-0.05, 0) is 24.3 Å². The van der Waals surface area contributed by atoms with Gasteiger partial charge in [0.2, 0.25) is 11.8 Å². The minimum atomic E-state index is -0.418. The fraction of sp³-hybridized carbons (Fsp3) is 0.222. The van der Waals surface area contributed by atoms with Crippen molar-refractivity contribution in [3.05, 3.63) is 51.8 Å². The fourth-order valence-corrected chi connectivity index (χ4v) is 2.93. The lowest BCUT2D eigenvalue weighted by Gasteiger charge is -2.05. The molecule has 0 saturated carbocycles. The molecule has 2 N–H and O–H groups in total. The number of fused-ring (bicyclic) bond motifs is 1. The molecule has 0 saturated heterocycles. The van der Waals surface area contributed by atoms with Crippen molar-refractivity contribution in [1.82, 2.24) is 4.98 Å². The summed E-state index contributed by atoms with van der Waals surface area (Å²) in [6.07, 6.45) is 0.0932. The molecule has 0 unspecified atom stereocenters. The standard InChI is InChI=1S/C18H17N3O4S/c1-10(2)17(24)21-18-20-13(9-26-18)8-15(22)19-12-4-5-14-11(7-12)3-6-16(23)25-14/h3-7,9-10H,8H2,1-2H3,(H,19,22)(H,20,21,24). The molecule has 0 radical (unpaired) electrons. The SMILES string of the molecule is CC(C)C(=O)Nc1nc(CC(=O)Nc2ccc3oc(=O)ccc3c2)cs1. The maximum Gasteiger partial charge on any atom is 0.336 e. The van der Waals surface area contributed by atoms with E-state index in [2.05, 4.69) is 15.6 Å². The first-order valence-electron chi connectivity index (χ1n) is 8.00. The Morgan fingerprint density at radius 1 is 1.19 bits per heavy atom. The van der Waals surface area contributed by atoms with Crippen LogP contribution in [0, 0.1) is 5.92 Å². The molecule has 0 aliphatic carbocycles. The van der Waals surface area contributed by atoms with E-state index in [1.54, 1.807) is 43.5 Å². The van der Waals surface area contributed by atoms with Crippen LogP contribution in [0.3, 0.4) is 0 Å². The van der Waals surface area contributed by atoms with Crippen LogP contribution >= 0.6 is 11.3 Å². The number of carbonyl (C=O) groups is 2. The lowest BCUT2D eigenvalue weighted by Crippen LogP contribution is -2.18. The summed E-state index contributed by atoms with van der Waals surface area (Å²) in [6, 6.07) is 8.00. The maximum atomic E-state index is 12.2. The van der Waals surface area contributed by atoms with Crippen molar-refractivity contribution in [2.75, 3.05) is 10.6 Å². The van der Waals surface area contributed by atoms with E-state index in [4.69, 9.17) is 4.42 Å². The zero-order valence-corrected chi connectivity index (χ0v) is 15.1. The van der Waals surface area contributed by atoms with Crippen molar-refractivity contribution in [3.63, 3.8) is 0 Å². The Hall–Kier alpha value is -3.00. The number of amides is 2. The number of hydrogen-bond donors (Lipinski definition) is 2. The Bertz CT molecular complexity index is 1020. The highest BCUT2D eigenvalue weighted by molar-refractivity contribution is 7.13. The van der Waals surface area contributed by atoms with Crippen molar-refractivity contribution >= 4 is 44.9 Å². The lowest BCUT2D eigenvalue weighted by atomic mass is 10.2. The second-order valence-corrected chi connectivity index (χ2v) is 6.88.